The van der Waals surface area contributed by atoms with E-state index in [9.17, 15) is 13.2 Å². The molecule has 0 aromatic carbocycles. The molecule has 5 rings (SSSR count). The predicted molar refractivity (Wildman–Crippen MR) is 144 cm³/mol. The van der Waals surface area contributed by atoms with Gasteiger partial charge >= 0.3 is 5.97 Å². The maximum absolute atomic E-state index is 12.3. The Kier molecular flexibility index (Phi) is 6.55. The van der Waals surface area contributed by atoms with E-state index in [4.69, 9.17) is 15.2 Å². The molecule has 38 heavy (non-hydrogen) atoms. The summed E-state index contributed by atoms with van der Waals surface area (Å²) >= 11 is 0. The highest BCUT2D eigenvalue weighted by molar-refractivity contribution is 7.92. The summed E-state index contributed by atoms with van der Waals surface area (Å²) in [4.78, 5) is 26.0. The molecule has 1 saturated carbocycles. The average molecular weight is 540 g/mol. The van der Waals surface area contributed by atoms with Crippen LogP contribution in [0.5, 0.6) is 5.88 Å². The summed E-state index contributed by atoms with van der Waals surface area (Å²) in [6.07, 6.45) is 3.80. The van der Waals surface area contributed by atoms with E-state index in [1.807, 2.05) is 33.8 Å². The van der Waals surface area contributed by atoms with Gasteiger partial charge in [-0.3, -0.25) is 0 Å². The number of rotatable bonds is 7. The number of nitrogens with two attached hydrogens (primary N) is 1. The third kappa shape index (κ3) is 4.80. The molecule has 0 radical (unpaired) electrons. The van der Waals surface area contributed by atoms with Crippen LogP contribution >= 0.6 is 0 Å². The maximum atomic E-state index is 12.3. The van der Waals surface area contributed by atoms with Crippen molar-refractivity contribution < 1.29 is 22.7 Å². The van der Waals surface area contributed by atoms with Gasteiger partial charge in [0, 0.05) is 42.4 Å². The first kappa shape index (κ1) is 26.3. The van der Waals surface area contributed by atoms with Crippen molar-refractivity contribution in [1.29, 1.82) is 0 Å². The standard InChI is InChI=1S/C27H33N5O5S/c1-6-38(34,35)17-9-16(10-17)37-25-20-12-29-23(11-19(20)21(13-30-25)27(4,5)28)31-22-8-7-18-24(32-22)14(2)15(3)36-26(18)33/h7-8,11-17H,6,9-10,28H2,1-5H3,(H,29,31,32)/t14-,15-,16?,17?/m0/s1. The fourth-order valence-corrected chi connectivity index (χ4v) is 6.33. The van der Waals surface area contributed by atoms with Crippen LogP contribution in [-0.2, 0) is 20.1 Å². The molecule has 2 atom stereocenters. The number of carbonyl (C=O) groups is 1. The fourth-order valence-electron chi connectivity index (χ4n) is 4.84. The van der Waals surface area contributed by atoms with E-state index >= 15 is 0 Å². The highest BCUT2D eigenvalue weighted by atomic mass is 32.2. The molecule has 1 aliphatic heterocycles. The number of sulfone groups is 1. The van der Waals surface area contributed by atoms with Crippen LogP contribution < -0.4 is 15.8 Å². The van der Waals surface area contributed by atoms with Crippen molar-refractivity contribution in [2.75, 3.05) is 11.1 Å². The van der Waals surface area contributed by atoms with Crippen LogP contribution in [0.25, 0.3) is 10.8 Å². The van der Waals surface area contributed by atoms with Crippen LogP contribution in [0.4, 0.5) is 11.6 Å². The lowest BCUT2D eigenvalue weighted by Gasteiger charge is -2.34. The van der Waals surface area contributed by atoms with Gasteiger partial charge in [-0.05, 0) is 49.9 Å². The van der Waals surface area contributed by atoms with Crippen molar-refractivity contribution >= 4 is 38.2 Å². The fraction of sp³-hybridized carbons (Fsp3) is 0.481. The minimum Gasteiger partial charge on any atom is -0.474 e. The number of fused-ring (bicyclic) bond motifs is 2. The normalized spacial score (nSPS) is 23.4. The summed E-state index contributed by atoms with van der Waals surface area (Å²) in [5.41, 5.74) is 7.75. The number of anilines is 2. The molecule has 202 valence electrons. The molecule has 1 aliphatic carbocycles. The van der Waals surface area contributed by atoms with Gasteiger partial charge in [-0.15, -0.1) is 0 Å². The van der Waals surface area contributed by atoms with Crippen LogP contribution in [-0.4, -0.2) is 52.5 Å². The van der Waals surface area contributed by atoms with E-state index in [0.717, 1.165) is 10.9 Å². The second-order valence-electron chi connectivity index (χ2n) is 10.8. The topological polar surface area (TPSA) is 146 Å². The van der Waals surface area contributed by atoms with Crippen LogP contribution in [0.15, 0.2) is 30.6 Å². The predicted octanol–water partition coefficient (Wildman–Crippen LogP) is 3.97. The summed E-state index contributed by atoms with van der Waals surface area (Å²) in [6.45, 7) is 9.30. The molecule has 3 aromatic rings. The first-order valence-corrected chi connectivity index (χ1v) is 14.5. The summed E-state index contributed by atoms with van der Waals surface area (Å²) in [6, 6.07) is 5.31. The number of aromatic nitrogens is 3. The van der Waals surface area contributed by atoms with Crippen molar-refractivity contribution in [1.82, 2.24) is 15.0 Å². The third-order valence-electron chi connectivity index (χ3n) is 7.50. The Morgan fingerprint density at radius 3 is 2.55 bits per heavy atom. The molecule has 0 spiro atoms. The number of pyridine rings is 3. The number of nitrogens with zero attached hydrogens (tertiary/aromatic N) is 3. The zero-order valence-corrected chi connectivity index (χ0v) is 23.0. The van der Waals surface area contributed by atoms with Crippen LogP contribution in [0.1, 0.15) is 75.0 Å². The molecule has 11 heteroatoms. The van der Waals surface area contributed by atoms with Gasteiger partial charge in [0.2, 0.25) is 5.88 Å². The highest BCUT2D eigenvalue weighted by Crippen LogP contribution is 2.37. The van der Waals surface area contributed by atoms with Gasteiger partial charge in [-0.25, -0.2) is 28.2 Å². The molecule has 3 N–H and O–H groups in total. The number of hydrogen-bond donors (Lipinski definition) is 2. The molecule has 0 bridgehead atoms. The second-order valence-corrected chi connectivity index (χ2v) is 13.3. The molecule has 3 aromatic heterocycles. The highest BCUT2D eigenvalue weighted by Gasteiger charge is 2.39. The zero-order chi connectivity index (χ0) is 27.4. The SMILES string of the molecule is CCS(=O)(=O)C1CC(Oc2ncc(C(C)(C)N)c3cc(Nc4ccc5c(n4)[C@@H](C)[C@H](C)OC5=O)ncc23)C1. The molecular formula is C27H33N5O5S. The van der Waals surface area contributed by atoms with Crippen molar-refractivity contribution in [3.63, 3.8) is 0 Å². The van der Waals surface area contributed by atoms with E-state index in [2.05, 4.69) is 20.3 Å². The molecule has 10 nitrogen and oxygen atoms in total. The van der Waals surface area contributed by atoms with E-state index in [0.29, 0.717) is 47.0 Å². The van der Waals surface area contributed by atoms with Crippen LogP contribution in [0.3, 0.4) is 0 Å². The van der Waals surface area contributed by atoms with E-state index in [-0.39, 0.29) is 35.1 Å². The van der Waals surface area contributed by atoms with E-state index in [1.165, 1.54) is 0 Å². The molecule has 1 fully saturated rings. The Labute approximate surface area is 222 Å². The number of nitrogens with one attached hydrogen (secondary N) is 1. The van der Waals surface area contributed by atoms with Crippen LogP contribution in [0, 0.1) is 0 Å². The minimum atomic E-state index is -3.08. The third-order valence-corrected chi connectivity index (χ3v) is 9.70. The van der Waals surface area contributed by atoms with Crippen molar-refractivity contribution in [3.05, 3.63) is 47.4 Å². The summed E-state index contributed by atoms with van der Waals surface area (Å²) in [5, 5.41) is 4.39. The molecule has 0 unspecified atom stereocenters. The summed E-state index contributed by atoms with van der Waals surface area (Å²) < 4.78 is 35.8. The van der Waals surface area contributed by atoms with Gasteiger partial charge in [0.05, 0.1) is 21.9 Å². The molecule has 0 amide bonds. The van der Waals surface area contributed by atoms with Crippen molar-refractivity contribution in [2.24, 2.45) is 5.73 Å². The minimum absolute atomic E-state index is 0.0390. The van der Waals surface area contributed by atoms with E-state index in [1.54, 1.807) is 31.5 Å². The van der Waals surface area contributed by atoms with Gasteiger partial charge in [-0.2, -0.15) is 0 Å². The van der Waals surface area contributed by atoms with Crippen LogP contribution in [0.2, 0.25) is 0 Å². The first-order chi connectivity index (χ1) is 17.9. The number of ether oxygens (including phenoxy) is 2. The number of carbonyl (C=O) groups excluding carboxylic acids is 1. The Morgan fingerprint density at radius 1 is 1.13 bits per heavy atom. The largest absolute Gasteiger partial charge is 0.474 e. The molecule has 2 aliphatic rings. The Morgan fingerprint density at radius 2 is 1.87 bits per heavy atom. The number of esters is 1. The van der Waals surface area contributed by atoms with Crippen molar-refractivity contribution in [2.45, 2.75) is 76.4 Å². The lowest BCUT2D eigenvalue weighted by atomic mass is 9.92. The smallest absolute Gasteiger partial charge is 0.340 e. The van der Waals surface area contributed by atoms with Gasteiger partial charge in [0.1, 0.15) is 23.8 Å². The monoisotopic (exact) mass is 539 g/mol. The summed E-state index contributed by atoms with van der Waals surface area (Å²) in [5.74, 6) is 1.23. The number of cyclic esters (lactones) is 1. The van der Waals surface area contributed by atoms with Crippen molar-refractivity contribution in [3.8, 4) is 5.88 Å². The van der Waals surface area contributed by atoms with E-state index < -0.39 is 15.4 Å². The Hall–Kier alpha value is -3.31. The lowest BCUT2D eigenvalue weighted by Crippen LogP contribution is -2.43. The quantitative estimate of drug-likeness (QED) is 0.423. The van der Waals surface area contributed by atoms with Gasteiger partial charge in [-0.1, -0.05) is 13.8 Å². The zero-order valence-electron chi connectivity index (χ0n) is 22.2. The number of hydrogen-bond acceptors (Lipinski definition) is 10. The maximum Gasteiger partial charge on any atom is 0.340 e. The summed E-state index contributed by atoms with van der Waals surface area (Å²) in [7, 11) is -3.08. The lowest BCUT2D eigenvalue weighted by molar-refractivity contribution is 0.0235. The molecule has 0 saturated heterocycles. The molecule has 4 heterocycles. The Balaban J connectivity index is 1.45. The van der Waals surface area contributed by atoms with Gasteiger partial charge in [0.15, 0.2) is 9.84 Å². The molecular weight excluding hydrogens is 506 g/mol. The van der Waals surface area contributed by atoms with Gasteiger partial charge < -0.3 is 20.5 Å². The average Bonchev–Trinajstić information content (AvgIpc) is 2.83. The second kappa shape index (κ2) is 9.46. The Bertz CT molecular complexity index is 1510. The van der Waals surface area contributed by atoms with Gasteiger partial charge in [0.25, 0.3) is 0 Å². The first-order valence-electron chi connectivity index (χ1n) is 12.8.